The monoisotopic (exact) mass is 482 g/mol. The molecule has 1 aliphatic rings. The zero-order valence-corrected chi connectivity index (χ0v) is 18.6. The zero-order valence-electron chi connectivity index (χ0n) is 18.6. The number of halogens is 3. The van der Waals surface area contributed by atoms with Crippen molar-refractivity contribution in [2.24, 2.45) is 0 Å². The standard InChI is InChI=1S/C19H24N6O2.C2HF3O2/c1-14(2)21-18(26)16-12-24(13-20-16)19-22-15(11-23-7-9-27-10-8-23)17-5-3-4-6-25(17)19;3-2(4,5)1(6)7/h3-6,12-14H,7-11H2,1-2H3,(H,21,26);(H,6,7). The fourth-order valence-corrected chi connectivity index (χ4v) is 3.24. The number of carbonyl (C=O) groups excluding carboxylic acids is 1. The van der Waals surface area contributed by atoms with Crippen molar-refractivity contribution in [1.29, 1.82) is 0 Å². The van der Waals surface area contributed by atoms with Gasteiger partial charge in [0.1, 0.15) is 12.0 Å². The normalized spacial score (nSPS) is 14.6. The largest absolute Gasteiger partial charge is 0.490 e. The Morgan fingerprint density at radius 3 is 2.53 bits per heavy atom. The highest BCUT2D eigenvalue weighted by Gasteiger charge is 2.38. The first-order valence-corrected chi connectivity index (χ1v) is 10.5. The second kappa shape index (κ2) is 10.7. The van der Waals surface area contributed by atoms with Crippen LogP contribution in [0.15, 0.2) is 36.9 Å². The lowest BCUT2D eigenvalue weighted by atomic mass is 10.3. The van der Waals surface area contributed by atoms with Gasteiger partial charge in [0.25, 0.3) is 5.91 Å². The van der Waals surface area contributed by atoms with Crippen molar-refractivity contribution in [3.63, 3.8) is 0 Å². The van der Waals surface area contributed by atoms with Crippen LogP contribution >= 0.6 is 0 Å². The van der Waals surface area contributed by atoms with Crippen LogP contribution in [0.25, 0.3) is 11.5 Å². The molecule has 1 amide bonds. The fourth-order valence-electron chi connectivity index (χ4n) is 3.24. The number of carboxylic acids is 1. The van der Waals surface area contributed by atoms with Crippen LogP contribution in [0.4, 0.5) is 13.2 Å². The van der Waals surface area contributed by atoms with Crippen molar-refractivity contribution in [3.8, 4) is 5.95 Å². The molecule has 0 atom stereocenters. The number of aromatic nitrogens is 4. The first kappa shape index (κ1) is 25.2. The zero-order chi connectivity index (χ0) is 24.9. The van der Waals surface area contributed by atoms with E-state index in [0.717, 1.165) is 50.0 Å². The highest BCUT2D eigenvalue weighted by atomic mass is 19.4. The molecule has 0 spiro atoms. The molecule has 0 saturated carbocycles. The molecule has 0 bridgehead atoms. The molecule has 1 aliphatic heterocycles. The van der Waals surface area contributed by atoms with Crippen LogP contribution in [-0.2, 0) is 16.1 Å². The number of fused-ring (bicyclic) bond motifs is 1. The maximum atomic E-state index is 12.2. The van der Waals surface area contributed by atoms with Crippen LogP contribution in [0.2, 0.25) is 0 Å². The van der Waals surface area contributed by atoms with Gasteiger partial charge in [0.05, 0.1) is 24.4 Å². The van der Waals surface area contributed by atoms with Gasteiger partial charge >= 0.3 is 12.1 Å². The number of hydrogen-bond acceptors (Lipinski definition) is 6. The van der Waals surface area contributed by atoms with E-state index in [9.17, 15) is 18.0 Å². The van der Waals surface area contributed by atoms with Gasteiger partial charge in [0.2, 0.25) is 5.95 Å². The number of nitrogens with one attached hydrogen (secondary N) is 1. The number of amides is 1. The maximum Gasteiger partial charge on any atom is 0.490 e. The SMILES string of the molecule is CC(C)NC(=O)c1cn(-c2nc(CN3CCOCC3)c3ccccn23)cn1.O=C(O)C(F)(F)F. The molecule has 3 aromatic rings. The third-order valence-corrected chi connectivity index (χ3v) is 4.79. The van der Waals surface area contributed by atoms with E-state index < -0.39 is 12.1 Å². The number of aliphatic carboxylic acids is 1. The fraction of sp³-hybridized carbons (Fsp3) is 0.429. The molecule has 1 saturated heterocycles. The number of morpholine rings is 1. The molecule has 0 aromatic carbocycles. The lowest BCUT2D eigenvalue weighted by Crippen LogP contribution is -2.35. The van der Waals surface area contributed by atoms with Crippen LogP contribution in [0, 0.1) is 0 Å². The summed E-state index contributed by atoms with van der Waals surface area (Å²) < 4.78 is 41.0. The van der Waals surface area contributed by atoms with Gasteiger partial charge in [-0.15, -0.1) is 0 Å². The Morgan fingerprint density at radius 1 is 1.24 bits per heavy atom. The molecule has 4 rings (SSSR count). The van der Waals surface area contributed by atoms with Crippen molar-refractivity contribution < 1.29 is 32.6 Å². The molecule has 34 heavy (non-hydrogen) atoms. The molecule has 184 valence electrons. The summed E-state index contributed by atoms with van der Waals surface area (Å²) in [5, 5.41) is 9.98. The van der Waals surface area contributed by atoms with Crippen molar-refractivity contribution >= 4 is 17.4 Å². The quantitative estimate of drug-likeness (QED) is 0.573. The minimum Gasteiger partial charge on any atom is -0.475 e. The summed E-state index contributed by atoms with van der Waals surface area (Å²) in [7, 11) is 0. The number of rotatable bonds is 5. The topological polar surface area (TPSA) is 114 Å². The number of imidazole rings is 2. The summed E-state index contributed by atoms with van der Waals surface area (Å²) in [6, 6.07) is 6.12. The van der Waals surface area contributed by atoms with E-state index in [4.69, 9.17) is 19.6 Å². The lowest BCUT2D eigenvalue weighted by molar-refractivity contribution is -0.192. The predicted molar refractivity (Wildman–Crippen MR) is 115 cm³/mol. The Morgan fingerprint density at radius 2 is 1.91 bits per heavy atom. The molecule has 0 radical (unpaired) electrons. The van der Waals surface area contributed by atoms with E-state index in [1.54, 1.807) is 17.1 Å². The van der Waals surface area contributed by atoms with E-state index in [2.05, 4.69) is 21.3 Å². The van der Waals surface area contributed by atoms with Crippen molar-refractivity contribution in [2.45, 2.75) is 32.6 Å². The Bertz CT molecular complexity index is 1140. The third-order valence-electron chi connectivity index (χ3n) is 4.79. The van der Waals surface area contributed by atoms with Crippen LogP contribution < -0.4 is 5.32 Å². The molecule has 0 unspecified atom stereocenters. The molecule has 0 aliphatic carbocycles. The number of carbonyl (C=O) groups is 2. The van der Waals surface area contributed by atoms with Gasteiger partial charge < -0.3 is 15.2 Å². The predicted octanol–water partition coefficient (Wildman–Crippen LogP) is 2.12. The van der Waals surface area contributed by atoms with E-state index in [-0.39, 0.29) is 11.9 Å². The van der Waals surface area contributed by atoms with E-state index in [1.807, 2.05) is 36.6 Å². The molecule has 10 nitrogen and oxygen atoms in total. The van der Waals surface area contributed by atoms with E-state index >= 15 is 0 Å². The molecular weight excluding hydrogens is 457 g/mol. The summed E-state index contributed by atoms with van der Waals surface area (Å²) in [5.41, 5.74) is 2.45. The molecule has 2 N–H and O–H groups in total. The number of nitrogens with zero attached hydrogens (tertiary/aromatic N) is 5. The maximum absolute atomic E-state index is 12.2. The van der Waals surface area contributed by atoms with Crippen molar-refractivity contribution in [2.75, 3.05) is 26.3 Å². The van der Waals surface area contributed by atoms with Gasteiger partial charge in [0, 0.05) is 38.1 Å². The summed E-state index contributed by atoms with van der Waals surface area (Å²) in [6.45, 7) is 7.95. The third kappa shape index (κ3) is 6.32. The molecule has 13 heteroatoms. The Balaban J connectivity index is 0.000000406. The van der Waals surface area contributed by atoms with E-state index in [1.165, 1.54) is 0 Å². The molecule has 4 heterocycles. The molecule has 3 aromatic heterocycles. The second-order valence-corrected chi connectivity index (χ2v) is 7.80. The summed E-state index contributed by atoms with van der Waals surface area (Å²) >= 11 is 0. The number of alkyl halides is 3. The van der Waals surface area contributed by atoms with Gasteiger partial charge in [0.15, 0.2) is 0 Å². The average Bonchev–Trinajstić information content (AvgIpc) is 3.39. The van der Waals surface area contributed by atoms with Crippen LogP contribution in [0.3, 0.4) is 0 Å². The highest BCUT2D eigenvalue weighted by molar-refractivity contribution is 5.92. The first-order valence-electron chi connectivity index (χ1n) is 10.5. The smallest absolute Gasteiger partial charge is 0.475 e. The summed E-state index contributed by atoms with van der Waals surface area (Å²) in [4.78, 5) is 32.5. The Hall–Kier alpha value is -3.45. The second-order valence-electron chi connectivity index (χ2n) is 7.80. The van der Waals surface area contributed by atoms with Gasteiger partial charge in [-0.3, -0.25) is 18.7 Å². The van der Waals surface area contributed by atoms with Crippen molar-refractivity contribution in [3.05, 3.63) is 48.3 Å². The average molecular weight is 482 g/mol. The number of carboxylic acid groups (broad SMARTS) is 1. The highest BCUT2D eigenvalue weighted by Crippen LogP contribution is 2.19. The molecule has 1 fully saturated rings. The van der Waals surface area contributed by atoms with Crippen LogP contribution in [0.5, 0.6) is 0 Å². The Kier molecular flexibility index (Phi) is 7.89. The number of ether oxygens (including phenoxy) is 1. The van der Waals surface area contributed by atoms with Gasteiger partial charge in [-0.05, 0) is 26.0 Å². The van der Waals surface area contributed by atoms with Crippen LogP contribution in [-0.4, -0.2) is 79.3 Å². The minimum atomic E-state index is -5.08. The van der Waals surface area contributed by atoms with Gasteiger partial charge in [-0.1, -0.05) is 6.07 Å². The lowest BCUT2D eigenvalue weighted by Gasteiger charge is -2.25. The number of pyridine rings is 1. The summed E-state index contributed by atoms with van der Waals surface area (Å²) in [6.07, 6.45) is 0.252. The number of hydrogen-bond donors (Lipinski definition) is 2. The molecular formula is C21H25F3N6O4. The Labute approximate surface area is 193 Å². The van der Waals surface area contributed by atoms with Gasteiger partial charge in [-0.25, -0.2) is 14.8 Å². The van der Waals surface area contributed by atoms with E-state index in [0.29, 0.717) is 5.69 Å². The summed E-state index contributed by atoms with van der Waals surface area (Å²) in [5.74, 6) is -2.21. The first-order chi connectivity index (χ1) is 16.1. The van der Waals surface area contributed by atoms with Gasteiger partial charge in [-0.2, -0.15) is 13.2 Å². The van der Waals surface area contributed by atoms with Crippen molar-refractivity contribution in [1.82, 2.24) is 29.2 Å². The minimum absolute atomic E-state index is 0.0648. The van der Waals surface area contributed by atoms with Crippen LogP contribution in [0.1, 0.15) is 30.0 Å².